The molecule has 3 aromatic rings. The number of benzene rings is 2. The monoisotopic (exact) mass is 332 g/mol. The zero-order valence-corrected chi connectivity index (χ0v) is 12.3. The van der Waals surface area contributed by atoms with E-state index in [1.54, 1.807) is 0 Å². The van der Waals surface area contributed by atoms with Crippen LogP contribution in [0.25, 0.3) is 11.0 Å². The van der Waals surface area contributed by atoms with Crippen molar-refractivity contribution in [1.82, 2.24) is 9.97 Å². The van der Waals surface area contributed by atoms with Crippen molar-refractivity contribution in [2.24, 2.45) is 0 Å². The zero-order valence-electron chi connectivity index (χ0n) is 9.98. The molecular weight excluding hydrogens is 324 g/mol. The minimum absolute atomic E-state index is 0.467. The van der Waals surface area contributed by atoms with Gasteiger partial charge in [0.1, 0.15) is 0 Å². The fraction of sp³-hybridized carbons (Fsp3) is 0.0667. The fourth-order valence-corrected chi connectivity index (χ4v) is 2.57. The second kappa shape index (κ2) is 5.27. The van der Waals surface area contributed by atoms with Crippen molar-refractivity contribution in [1.29, 1.82) is 0 Å². The first kappa shape index (κ1) is 12.6. The van der Waals surface area contributed by atoms with Crippen LogP contribution in [0.3, 0.4) is 0 Å². The minimum Gasteiger partial charge on any atom is -0.248 e. The van der Waals surface area contributed by atoms with Gasteiger partial charge in [-0.3, -0.25) is 0 Å². The third kappa shape index (κ3) is 2.62. The molecule has 0 saturated heterocycles. The van der Waals surface area contributed by atoms with Gasteiger partial charge in [-0.05, 0) is 23.8 Å². The van der Waals surface area contributed by atoms with Gasteiger partial charge in [-0.1, -0.05) is 57.9 Å². The molecule has 0 fully saturated rings. The van der Waals surface area contributed by atoms with Crippen molar-refractivity contribution in [2.45, 2.75) is 6.42 Å². The largest absolute Gasteiger partial charge is 0.248 e. The van der Waals surface area contributed by atoms with Crippen LogP contribution in [0.1, 0.15) is 11.3 Å². The first-order valence-electron chi connectivity index (χ1n) is 5.88. The van der Waals surface area contributed by atoms with Gasteiger partial charge in [0.05, 0.1) is 16.7 Å². The number of aromatic nitrogens is 2. The molecule has 0 radical (unpaired) electrons. The molecule has 0 saturated carbocycles. The molecule has 3 rings (SSSR count). The van der Waals surface area contributed by atoms with E-state index in [0.29, 0.717) is 11.6 Å². The van der Waals surface area contributed by atoms with Gasteiger partial charge < -0.3 is 0 Å². The quantitative estimate of drug-likeness (QED) is 0.683. The molecule has 0 aliphatic carbocycles. The van der Waals surface area contributed by atoms with E-state index in [1.165, 1.54) is 0 Å². The van der Waals surface area contributed by atoms with Crippen LogP contribution >= 0.6 is 27.5 Å². The number of hydrogen-bond donors (Lipinski definition) is 0. The standard InChI is InChI=1S/C15H10BrClN2/c16-11-6-2-1-5-10(11)9-14-15(17)19-13-8-4-3-7-12(13)18-14/h1-8H,9H2. The maximum atomic E-state index is 6.22. The lowest BCUT2D eigenvalue weighted by atomic mass is 10.1. The van der Waals surface area contributed by atoms with Crippen LogP contribution in [-0.4, -0.2) is 9.97 Å². The lowest BCUT2D eigenvalue weighted by Gasteiger charge is -2.07. The molecule has 2 nitrogen and oxygen atoms in total. The average molecular weight is 334 g/mol. The van der Waals surface area contributed by atoms with Crippen LogP contribution in [0, 0.1) is 0 Å². The minimum atomic E-state index is 0.467. The summed E-state index contributed by atoms with van der Waals surface area (Å²) in [6.07, 6.45) is 0.665. The SMILES string of the molecule is Clc1nc2ccccc2nc1Cc1ccccc1Br. The van der Waals surface area contributed by atoms with Gasteiger partial charge in [0.15, 0.2) is 5.15 Å². The lowest BCUT2D eigenvalue weighted by Crippen LogP contribution is -1.97. The molecule has 0 amide bonds. The van der Waals surface area contributed by atoms with E-state index in [-0.39, 0.29) is 0 Å². The summed E-state index contributed by atoms with van der Waals surface area (Å²) < 4.78 is 1.06. The number of para-hydroxylation sites is 2. The molecule has 94 valence electrons. The first-order chi connectivity index (χ1) is 9.24. The highest BCUT2D eigenvalue weighted by Crippen LogP contribution is 2.23. The van der Waals surface area contributed by atoms with E-state index in [1.807, 2.05) is 42.5 Å². The summed E-state index contributed by atoms with van der Waals surface area (Å²) in [6.45, 7) is 0. The molecule has 0 aliphatic rings. The van der Waals surface area contributed by atoms with E-state index in [2.05, 4.69) is 32.0 Å². The molecule has 1 heterocycles. The van der Waals surface area contributed by atoms with Crippen LogP contribution in [-0.2, 0) is 6.42 Å². The van der Waals surface area contributed by atoms with E-state index in [9.17, 15) is 0 Å². The van der Waals surface area contributed by atoms with Crippen LogP contribution < -0.4 is 0 Å². The maximum Gasteiger partial charge on any atom is 0.151 e. The first-order valence-corrected chi connectivity index (χ1v) is 7.06. The van der Waals surface area contributed by atoms with Crippen molar-refractivity contribution < 1.29 is 0 Å². The Morgan fingerprint density at radius 2 is 1.53 bits per heavy atom. The van der Waals surface area contributed by atoms with Gasteiger partial charge in [0.25, 0.3) is 0 Å². The van der Waals surface area contributed by atoms with Crippen LogP contribution in [0.4, 0.5) is 0 Å². The van der Waals surface area contributed by atoms with Crippen molar-refractivity contribution in [3.05, 3.63) is 69.4 Å². The predicted octanol–water partition coefficient (Wildman–Crippen LogP) is 4.64. The number of halogens is 2. The van der Waals surface area contributed by atoms with Gasteiger partial charge >= 0.3 is 0 Å². The Morgan fingerprint density at radius 3 is 2.26 bits per heavy atom. The summed E-state index contributed by atoms with van der Waals surface area (Å²) in [5.41, 5.74) is 3.64. The Kier molecular flexibility index (Phi) is 3.49. The van der Waals surface area contributed by atoms with E-state index < -0.39 is 0 Å². The smallest absolute Gasteiger partial charge is 0.151 e. The molecule has 0 atom stereocenters. The molecule has 2 aromatic carbocycles. The number of rotatable bonds is 2. The lowest BCUT2D eigenvalue weighted by molar-refractivity contribution is 1.06. The third-order valence-electron chi connectivity index (χ3n) is 2.91. The van der Waals surface area contributed by atoms with Gasteiger partial charge in [0.2, 0.25) is 0 Å². The molecule has 1 aromatic heterocycles. The number of fused-ring (bicyclic) bond motifs is 1. The molecule has 0 N–H and O–H groups in total. The Labute approximate surface area is 124 Å². The maximum absolute atomic E-state index is 6.22. The molecule has 0 aliphatic heterocycles. The van der Waals surface area contributed by atoms with Gasteiger partial charge in [-0.15, -0.1) is 0 Å². The number of hydrogen-bond acceptors (Lipinski definition) is 2. The Bertz CT molecular complexity index is 743. The van der Waals surface area contributed by atoms with Crippen molar-refractivity contribution >= 4 is 38.6 Å². The molecule has 0 unspecified atom stereocenters. The molecule has 4 heteroatoms. The van der Waals surface area contributed by atoms with Gasteiger partial charge in [-0.2, -0.15) is 0 Å². The summed E-state index contributed by atoms with van der Waals surface area (Å²) in [4.78, 5) is 8.98. The Hall–Kier alpha value is -1.45. The molecule has 19 heavy (non-hydrogen) atoms. The van der Waals surface area contributed by atoms with E-state index in [0.717, 1.165) is 26.8 Å². The molecule has 0 spiro atoms. The van der Waals surface area contributed by atoms with Crippen molar-refractivity contribution in [3.63, 3.8) is 0 Å². The highest BCUT2D eigenvalue weighted by Gasteiger charge is 2.09. The Morgan fingerprint density at radius 1 is 0.895 bits per heavy atom. The second-order valence-corrected chi connectivity index (χ2v) is 5.43. The van der Waals surface area contributed by atoms with Crippen molar-refractivity contribution in [3.8, 4) is 0 Å². The number of nitrogens with zero attached hydrogens (tertiary/aromatic N) is 2. The van der Waals surface area contributed by atoms with Gasteiger partial charge in [-0.25, -0.2) is 9.97 Å². The second-order valence-electron chi connectivity index (χ2n) is 4.22. The van der Waals surface area contributed by atoms with Crippen LogP contribution in [0.15, 0.2) is 53.0 Å². The van der Waals surface area contributed by atoms with Crippen LogP contribution in [0.2, 0.25) is 5.15 Å². The Balaban J connectivity index is 2.06. The summed E-state index contributed by atoms with van der Waals surface area (Å²) in [6, 6.07) is 15.8. The molecular formula is C15H10BrClN2. The van der Waals surface area contributed by atoms with Crippen LogP contribution in [0.5, 0.6) is 0 Å². The predicted molar refractivity (Wildman–Crippen MR) is 81.5 cm³/mol. The van der Waals surface area contributed by atoms with E-state index in [4.69, 9.17) is 11.6 Å². The summed E-state index contributed by atoms with van der Waals surface area (Å²) in [7, 11) is 0. The highest BCUT2D eigenvalue weighted by atomic mass is 79.9. The molecule has 0 bridgehead atoms. The van der Waals surface area contributed by atoms with Gasteiger partial charge in [0, 0.05) is 10.9 Å². The normalized spacial score (nSPS) is 10.8. The fourth-order valence-electron chi connectivity index (χ4n) is 1.95. The topological polar surface area (TPSA) is 25.8 Å². The summed E-state index contributed by atoms with van der Waals surface area (Å²) in [5.74, 6) is 0. The zero-order chi connectivity index (χ0) is 13.2. The summed E-state index contributed by atoms with van der Waals surface area (Å²) >= 11 is 9.75. The third-order valence-corrected chi connectivity index (χ3v) is 3.99. The average Bonchev–Trinajstić information content (AvgIpc) is 2.42. The van der Waals surface area contributed by atoms with Crippen molar-refractivity contribution in [2.75, 3.05) is 0 Å². The highest BCUT2D eigenvalue weighted by molar-refractivity contribution is 9.10. The summed E-state index contributed by atoms with van der Waals surface area (Å²) in [5, 5.41) is 0.467. The van der Waals surface area contributed by atoms with E-state index >= 15 is 0 Å².